The molecule has 2 nitrogen and oxygen atoms in total. The molecule has 0 saturated carbocycles. The molecule has 0 aromatic carbocycles. The second-order valence-electron chi connectivity index (χ2n) is 4.65. The molecule has 0 spiro atoms. The summed E-state index contributed by atoms with van der Waals surface area (Å²) in [5.41, 5.74) is 0. The Kier molecular flexibility index (Phi) is 4.79. The highest BCUT2D eigenvalue weighted by Gasteiger charge is 2.32. The second kappa shape index (κ2) is 6.12. The van der Waals surface area contributed by atoms with Crippen molar-refractivity contribution in [2.45, 2.75) is 44.7 Å². The second-order valence-corrected chi connectivity index (χ2v) is 6.04. The van der Waals surface area contributed by atoms with Crippen molar-refractivity contribution in [3.8, 4) is 0 Å². The molecule has 3 heteroatoms. The zero-order chi connectivity index (χ0) is 10.5. The van der Waals surface area contributed by atoms with E-state index >= 15 is 0 Å². The smallest absolute Gasteiger partial charge is 0.0250 e. The minimum absolute atomic E-state index is 0.805. The fraction of sp³-hybridized carbons (Fsp3) is 1.00. The number of hydrogen-bond donors (Lipinski definition) is 1. The normalized spacial score (nSPS) is 32.6. The molecule has 88 valence electrons. The van der Waals surface area contributed by atoms with Crippen LogP contribution in [-0.4, -0.2) is 48.1 Å². The van der Waals surface area contributed by atoms with E-state index in [1.54, 1.807) is 0 Å². The number of nitrogens with zero attached hydrogens (tertiary/aromatic N) is 1. The Bertz CT molecular complexity index is 180. The van der Waals surface area contributed by atoms with Gasteiger partial charge in [-0.05, 0) is 44.5 Å². The van der Waals surface area contributed by atoms with Gasteiger partial charge in [0.15, 0.2) is 0 Å². The number of rotatable bonds is 5. The van der Waals surface area contributed by atoms with Gasteiger partial charge in [-0.2, -0.15) is 11.8 Å². The summed E-state index contributed by atoms with van der Waals surface area (Å²) >= 11 is 2.08. The topological polar surface area (TPSA) is 15.3 Å². The Morgan fingerprint density at radius 1 is 1.33 bits per heavy atom. The molecule has 2 aliphatic heterocycles. The Balaban J connectivity index is 1.76. The fourth-order valence-electron chi connectivity index (χ4n) is 2.95. The molecule has 15 heavy (non-hydrogen) atoms. The van der Waals surface area contributed by atoms with Gasteiger partial charge in [0.2, 0.25) is 0 Å². The van der Waals surface area contributed by atoms with Gasteiger partial charge in [0.05, 0.1) is 0 Å². The summed E-state index contributed by atoms with van der Waals surface area (Å²) in [6, 6.07) is 1.66. The Labute approximate surface area is 98.2 Å². The minimum atomic E-state index is 0.805. The van der Waals surface area contributed by atoms with Crippen LogP contribution >= 0.6 is 11.8 Å². The molecular weight excluding hydrogens is 204 g/mol. The molecule has 1 N–H and O–H groups in total. The molecule has 2 rings (SSSR count). The van der Waals surface area contributed by atoms with Crippen molar-refractivity contribution in [2.24, 2.45) is 0 Å². The van der Waals surface area contributed by atoms with Gasteiger partial charge < -0.3 is 5.32 Å². The molecule has 2 unspecified atom stereocenters. The predicted molar refractivity (Wildman–Crippen MR) is 68.6 cm³/mol. The van der Waals surface area contributed by atoms with Crippen LogP contribution in [-0.2, 0) is 0 Å². The summed E-state index contributed by atoms with van der Waals surface area (Å²) < 4.78 is 0. The van der Waals surface area contributed by atoms with Crippen molar-refractivity contribution in [2.75, 3.05) is 31.1 Å². The van der Waals surface area contributed by atoms with E-state index in [4.69, 9.17) is 0 Å². The maximum absolute atomic E-state index is 3.67. The zero-order valence-electron chi connectivity index (χ0n) is 9.87. The van der Waals surface area contributed by atoms with Gasteiger partial charge in [0.25, 0.3) is 0 Å². The molecule has 2 aliphatic rings. The van der Waals surface area contributed by atoms with E-state index in [2.05, 4.69) is 28.9 Å². The summed E-state index contributed by atoms with van der Waals surface area (Å²) in [5, 5.41) is 3.67. The van der Waals surface area contributed by atoms with E-state index in [0.29, 0.717) is 0 Å². The lowest BCUT2D eigenvalue weighted by Crippen LogP contribution is -2.44. The fourth-order valence-corrected chi connectivity index (χ4v) is 3.60. The molecule has 2 saturated heterocycles. The van der Waals surface area contributed by atoms with Crippen LogP contribution < -0.4 is 5.32 Å². The van der Waals surface area contributed by atoms with Crippen LogP contribution in [0.1, 0.15) is 32.6 Å². The largest absolute Gasteiger partial charge is 0.312 e. The molecule has 2 heterocycles. The first-order valence-electron chi connectivity index (χ1n) is 6.47. The van der Waals surface area contributed by atoms with Crippen molar-refractivity contribution in [3.63, 3.8) is 0 Å². The molecule has 0 radical (unpaired) electrons. The Hall–Kier alpha value is 0.270. The quantitative estimate of drug-likeness (QED) is 0.724. The lowest BCUT2D eigenvalue weighted by Gasteiger charge is -2.29. The van der Waals surface area contributed by atoms with E-state index in [1.807, 2.05) is 0 Å². The van der Waals surface area contributed by atoms with Crippen LogP contribution in [0.3, 0.4) is 0 Å². The maximum Gasteiger partial charge on any atom is 0.0250 e. The van der Waals surface area contributed by atoms with E-state index in [9.17, 15) is 0 Å². The van der Waals surface area contributed by atoms with Crippen molar-refractivity contribution in [1.29, 1.82) is 0 Å². The van der Waals surface area contributed by atoms with E-state index in [-0.39, 0.29) is 0 Å². The first kappa shape index (κ1) is 11.7. The standard InChI is InChI=1S/C12H24N2S/c1-2-15-10-9-14-8-4-6-12(14)11-5-3-7-13-11/h11-13H,2-10H2,1H3. The van der Waals surface area contributed by atoms with Crippen LogP contribution in [0.15, 0.2) is 0 Å². The van der Waals surface area contributed by atoms with Crippen molar-refractivity contribution in [1.82, 2.24) is 10.2 Å². The number of likely N-dealkylation sites (tertiary alicyclic amines) is 1. The molecule has 0 amide bonds. The van der Waals surface area contributed by atoms with Crippen molar-refractivity contribution < 1.29 is 0 Å². The average Bonchev–Trinajstić information content (AvgIpc) is 2.87. The lowest BCUT2D eigenvalue weighted by atomic mass is 10.0. The number of nitrogens with one attached hydrogen (secondary N) is 1. The summed E-state index contributed by atoms with van der Waals surface area (Å²) in [6.45, 7) is 6.15. The highest BCUT2D eigenvalue weighted by atomic mass is 32.2. The van der Waals surface area contributed by atoms with Crippen LogP contribution in [0.5, 0.6) is 0 Å². The Morgan fingerprint density at radius 3 is 3.00 bits per heavy atom. The Morgan fingerprint density at radius 2 is 2.27 bits per heavy atom. The molecule has 0 bridgehead atoms. The van der Waals surface area contributed by atoms with Crippen molar-refractivity contribution in [3.05, 3.63) is 0 Å². The molecule has 2 fully saturated rings. The van der Waals surface area contributed by atoms with Gasteiger partial charge in [-0.3, -0.25) is 4.90 Å². The summed E-state index contributed by atoms with van der Waals surface area (Å²) in [4.78, 5) is 2.73. The summed E-state index contributed by atoms with van der Waals surface area (Å²) in [5.74, 6) is 2.58. The van der Waals surface area contributed by atoms with Crippen LogP contribution in [0.2, 0.25) is 0 Å². The highest BCUT2D eigenvalue weighted by Crippen LogP contribution is 2.24. The summed E-state index contributed by atoms with van der Waals surface area (Å²) in [7, 11) is 0. The molecule has 0 aromatic rings. The zero-order valence-corrected chi connectivity index (χ0v) is 10.7. The number of thioether (sulfide) groups is 1. The molecule has 0 aromatic heterocycles. The van der Waals surface area contributed by atoms with Gasteiger partial charge in [0, 0.05) is 24.4 Å². The molecule has 2 atom stereocenters. The van der Waals surface area contributed by atoms with Crippen LogP contribution in [0.25, 0.3) is 0 Å². The van der Waals surface area contributed by atoms with Gasteiger partial charge in [-0.25, -0.2) is 0 Å². The van der Waals surface area contributed by atoms with Crippen LogP contribution in [0, 0.1) is 0 Å². The highest BCUT2D eigenvalue weighted by molar-refractivity contribution is 7.99. The monoisotopic (exact) mass is 228 g/mol. The maximum atomic E-state index is 3.67. The molecular formula is C12H24N2S. The SMILES string of the molecule is CCSCCN1CCCC1C1CCCN1. The van der Waals surface area contributed by atoms with Crippen LogP contribution in [0.4, 0.5) is 0 Å². The average molecular weight is 228 g/mol. The number of hydrogen-bond acceptors (Lipinski definition) is 3. The molecule has 0 aliphatic carbocycles. The van der Waals surface area contributed by atoms with E-state index in [0.717, 1.165) is 12.1 Å². The van der Waals surface area contributed by atoms with Gasteiger partial charge >= 0.3 is 0 Å². The third-order valence-corrected chi connectivity index (χ3v) is 4.58. The third kappa shape index (κ3) is 3.11. The van der Waals surface area contributed by atoms with Gasteiger partial charge in [-0.1, -0.05) is 6.92 Å². The third-order valence-electron chi connectivity index (χ3n) is 3.70. The van der Waals surface area contributed by atoms with Crippen molar-refractivity contribution >= 4 is 11.8 Å². The summed E-state index contributed by atoms with van der Waals surface area (Å²) in [6.07, 6.45) is 5.63. The first-order valence-corrected chi connectivity index (χ1v) is 7.62. The van der Waals surface area contributed by atoms with Gasteiger partial charge in [-0.15, -0.1) is 0 Å². The van der Waals surface area contributed by atoms with Gasteiger partial charge in [0.1, 0.15) is 0 Å². The lowest BCUT2D eigenvalue weighted by molar-refractivity contribution is 0.226. The first-order chi connectivity index (χ1) is 7.42. The predicted octanol–water partition coefficient (Wildman–Crippen LogP) is 1.96. The van der Waals surface area contributed by atoms with E-state index < -0.39 is 0 Å². The minimum Gasteiger partial charge on any atom is -0.312 e. The van der Waals surface area contributed by atoms with E-state index in [1.165, 1.54) is 56.8 Å².